The van der Waals surface area contributed by atoms with Crippen molar-refractivity contribution in [2.75, 3.05) is 19.6 Å². The molecule has 3 aromatic rings. The number of likely N-dealkylation sites (tertiary alicyclic amines) is 1. The number of fused-ring (bicyclic) bond motifs is 1. The number of nitrogens with one attached hydrogen (secondary N) is 1. The van der Waals surface area contributed by atoms with Crippen molar-refractivity contribution in [1.29, 1.82) is 0 Å². The molecule has 1 aliphatic heterocycles. The normalized spacial score (nSPS) is 15.1. The molecular formula is C23H30IN5O. The number of guanidine groups is 1. The zero-order chi connectivity index (χ0) is 20.1. The molecular weight excluding hydrogens is 489 g/mol. The Kier molecular flexibility index (Phi) is 7.95. The van der Waals surface area contributed by atoms with Crippen LogP contribution in [-0.4, -0.2) is 46.1 Å². The van der Waals surface area contributed by atoms with Gasteiger partial charge < -0.3 is 19.5 Å². The summed E-state index contributed by atoms with van der Waals surface area (Å²) in [7, 11) is 2.06. The number of hydrogen-bond acceptors (Lipinski definition) is 3. The number of nitrogens with zero attached hydrogens (tertiary/aromatic N) is 4. The van der Waals surface area contributed by atoms with Gasteiger partial charge in [-0.15, -0.1) is 24.0 Å². The summed E-state index contributed by atoms with van der Waals surface area (Å²) in [6, 6.07) is 18.3. The number of benzene rings is 2. The lowest BCUT2D eigenvalue weighted by atomic mass is 10.1. The van der Waals surface area contributed by atoms with Crippen molar-refractivity contribution in [2.45, 2.75) is 32.4 Å². The van der Waals surface area contributed by atoms with Gasteiger partial charge in [-0.05, 0) is 31.2 Å². The van der Waals surface area contributed by atoms with Crippen LogP contribution < -0.4 is 10.1 Å². The number of ether oxygens (including phenoxy) is 1. The number of aryl methyl sites for hydroxylation is 1. The summed E-state index contributed by atoms with van der Waals surface area (Å²) in [6.45, 7) is 5.39. The molecule has 7 heteroatoms. The lowest BCUT2D eigenvalue weighted by molar-refractivity contribution is 0.129. The van der Waals surface area contributed by atoms with E-state index in [1.807, 2.05) is 48.5 Å². The topological polar surface area (TPSA) is 54.7 Å². The first-order valence-electron chi connectivity index (χ1n) is 10.4. The second kappa shape index (κ2) is 10.7. The van der Waals surface area contributed by atoms with Crippen molar-refractivity contribution in [3.8, 4) is 5.75 Å². The molecule has 1 fully saturated rings. The Morgan fingerprint density at radius 3 is 2.50 bits per heavy atom. The number of para-hydroxylation sites is 3. The average molecular weight is 519 g/mol. The van der Waals surface area contributed by atoms with Crippen molar-refractivity contribution < 1.29 is 4.74 Å². The molecule has 2 heterocycles. The largest absolute Gasteiger partial charge is 0.490 e. The predicted molar refractivity (Wildman–Crippen MR) is 133 cm³/mol. The van der Waals surface area contributed by atoms with E-state index in [2.05, 4.69) is 34.8 Å². The minimum Gasteiger partial charge on any atom is -0.490 e. The summed E-state index contributed by atoms with van der Waals surface area (Å²) in [5, 5.41) is 3.44. The Balaban J connectivity index is 0.00000256. The van der Waals surface area contributed by atoms with Gasteiger partial charge in [0.1, 0.15) is 24.2 Å². The van der Waals surface area contributed by atoms with Gasteiger partial charge in [-0.3, -0.25) is 0 Å². The van der Waals surface area contributed by atoms with E-state index in [0.29, 0.717) is 6.54 Å². The molecule has 0 aliphatic carbocycles. The SMILES string of the molecule is CCNC(=NCc1nc2ccccc2n1C)N1CCC(Oc2ccccc2)CC1.I. The fraction of sp³-hybridized carbons (Fsp3) is 0.391. The molecule has 0 spiro atoms. The third kappa shape index (κ3) is 5.24. The van der Waals surface area contributed by atoms with Crippen LogP contribution in [0.25, 0.3) is 11.0 Å². The molecule has 160 valence electrons. The van der Waals surface area contributed by atoms with Crippen LogP contribution in [-0.2, 0) is 13.6 Å². The van der Waals surface area contributed by atoms with Crippen LogP contribution in [0.2, 0.25) is 0 Å². The highest BCUT2D eigenvalue weighted by atomic mass is 127. The number of hydrogen-bond donors (Lipinski definition) is 1. The fourth-order valence-electron chi connectivity index (χ4n) is 3.79. The quantitative estimate of drug-likeness (QED) is 0.312. The summed E-state index contributed by atoms with van der Waals surface area (Å²) < 4.78 is 8.25. The first kappa shape index (κ1) is 22.4. The molecule has 0 amide bonds. The van der Waals surface area contributed by atoms with Crippen molar-refractivity contribution in [3.05, 3.63) is 60.4 Å². The number of aliphatic imine (C=N–C) groups is 1. The maximum atomic E-state index is 6.12. The minimum atomic E-state index is 0. The summed E-state index contributed by atoms with van der Waals surface area (Å²) in [5.41, 5.74) is 2.16. The molecule has 6 nitrogen and oxygen atoms in total. The van der Waals surface area contributed by atoms with Crippen LogP contribution in [0.5, 0.6) is 5.75 Å². The molecule has 0 unspecified atom stereocenters. The standard InChI is InChI=1S/C23H29N5O.HI/c1-3-24-23(25-17-22-26-20-11-7-8-12-21(20)27(22)2)28-15-13-19(14-16-28)29-18-9-5-4-6-10-18;/h4-12,19H,3,13-17H2,1-2H3,(H,24,25);1H. The number of rotatable bonds is 5. The number of halogens is 1. The van der Waals surface area contributed by atoms with Crippen LogP contribution in [0, 0.1) is 0 Å². The van der Waals surface area contributed by atoms with E-state index < -0.39 is 0 Å². The summed E-state index contributed by atoms with van der Waals surface area (Å²) in [5.74, 6) is 2.88. The lowest BCUT2D eigenvalue weighted by Crippen LogP contribution is -2.47. The molecule has 4 rings (SSSR count). The molecule has 0 atom stereocenters. The Hall–Kier alpha value is -2.29. The van der Waals surface area contributed by atoms with Crippen LogP contribution in [0.1, 0.15) is 25.6 Å². The van der Waals surface area contributed by atoms with Crippen LogP contribution in [0.15, 0.2) is 59.6 Å². The Morgan fingerprint density at radius 2 is 1.80 bits per heavy atom. The van der Waals surface area contributed by atoms with Crippen LogP contribution in [0.4, 0.5) is 0 Å². The number of piperidine rings is 1. The molecule has 1 saturated heterocycles. The highest BCUT2D eigenvalue weighted by molar-refractivity contribution is 14.0. The Labute approximate surface area is 195 Å². The number of imidazole rings is 1. The first-order valence-corrected chi connectivity index (χ1v) is 10.4. The van der Waals surface area contributed by atoms with Gasteiger partial charge in [0.2, 0.25) is 0 Å². The first-order chi connectivity index (χ1) is 14.2. The van der Waals surface area contributed by atoms with Crippen LogP contribution >= 0.6 is 24.0 Å². The van der Waals surface area contributed by atoms with Crippen molar-refractivity contribution in [2.24, 2.45) is 12.0 Å². The average Bonchev–Trinajstić information content (AvgIpc) is 3.08. The minimum absolute atomic E-state index is 0. The van der Waals surface area contributed by atoms with E-state index in [9.17, 15) is 0 Å². The Bertz CT molecular complexity index is 964. The third-order valence-electron chi connectivity index (χ3n) is 5.37. The zero-order valence-corrected chi connectivity index (χ0v) is 20.0. The molecule has 1 aromatic heterocycles. The van der Waals surface area contributed by atoms with Crippen molar-refractivity contribution in [3.63, 3.8) is 0 Å². The van der Waals surface area contributed by atoms with Gasteiger partial charge in [-0.25, -0.2) is 9.98 Å². The van der Waals surface area contributed by atoms with Gasteiger partial charge in [-0.1, -0.05) is 30.3 Å². The molecule has 30 heavy (non-hydrogen) atoms. The maximum absolute atomic E-state index is 6.12. The highest BCUT2D eigenvalue weighted by Gasteiger charge is 2.23. The summed E-state index contributed by atoms with van der Waals surface area (Å²) in [6.07, 6.45) is 2.24. The molecule has 1 N–H and O–H groups in total. The van der Waals surface area contributed by atoms with E-state index in [0.717, 1.165) is 61.0 Å². The molecule has 0 bridgehead atoms. The molecule has 0 radical (unpaired) electrons. The second-order valence-electron chi connectivity index (χ2n) is 7.36. The molecule has 2 aromatic carbocycles. The van der Waals surface area contributed by atoms with E-state index in [4.69, 9.17) is 14.7 Å². The van der Waals surface area contributed by atoms with Gasteiger partial charge in [0.05, 0.1) is 11.0 Å². The lowest BCUT2D eigenvalue weighted by Gasteiger charge is -2.34. The smallest absolute Gasteiger partial charge is 0.194 e. The second-order valence-corrected chi connectivity index (χ2v) is 7.36. The van der Waals surface area contributed by atoms with Gasteiger partial charge in [-0.2, -0.15) is 0 Å². The van der Waals surface area contributed by atoms with Crippen molar-refractivity contribution in [1.82, 2.24) is 19.8 Å². The number of aromatic nitrogens is 2. The predicted octanol–water partition coefficient (Wildman–Crippen LogP) is 4.20. The highest BCUT2D eigenvalue weighted by Crippen LogP contribution is 2.19. The summed E-state index contributed by atoms with van der Waals surface area (Å²) in [4.78, 5) is 11.9. The van der Waals surface area contributed by atoms with Gasteiger partial charge in [0.25, 0.3) is 0 Å². The Morgan fingerprint density at radius 1 is 1.10 bits per heavy atom. The third-order valence-corrected chi connectivity index (χ3v) is 5.37. The monoisotopic (exact) mass is 519 g/mol. The maximum Gasteiger partial charge on any atom is 0.194 e. The van der Waals surface area contributed by atoms with Crippen LogP contribution in [0.3, 0.4) is 0 Å². The van der Waals surface area contributed by atoms with Crippen molar-refractivity contribution >= 4 is 41.0 Å². The van der Waals surface area contributed by atoms with Gasteiger partial charge in [0.15, 0.2) is 5.96 Å². The van der Waals surface area contributed by atoms with Gasteiger partial charge in [0, 0.05) is 39.5 Å². The molecule has 1 aliphatic rings. The van der Waals surface area contributed by atoms with E-state index in [-0.39, 0.29) is 30.1 Å². The van der Waals surface area contributed by atoms with E-state index >= 15 is 0 Å². The fourth-order valence-corrected chi connectivity index (χ4v) is 3.79. The van der Waals surface area contributed by atoms with E-state index in [1.54, 1.807) is 0 Å². The van der Waals surface area contributed by atoms with E-state index in [1.165, 1.54) is 0 Å². The summed E-state index contributed by atoms with van der Waals surface area (Å²) >= 11 is 0. The van der Waals surface area contributed by atoms with Gasteiger partial charge >= 0.3 is 0 Å². The zero-order valence-electron chi connectivity index (χ0n) is 17.6. The molecule has 0 saturated carbocycles.